The second kappa shape index (κ2) is 5.99. The second-order valence-electron chi connectivity index (χ2n) is 4.42. The van der Waals surface area contributed by atoms with E-state index in [0.717, 1.165) is 22.3 Å². The van der Waals surface area contributed by atoms with Crippen molar-refractivity contribution in [1.29, 1.82) is 0 Å². The van der Waals surface area contributed by atoms with Crippen molar-refractivity contribution in [1.82, 2.24) is 0 Å². The fourth-order valence-corrected chi connectivity index (χ4v) is 2.99. The third-order valence-corrected chi connectivity index (χ3v) is 3.94. The molecule has 1 saturated carbocycles. The summed E-state index contributed by atoms with van der Waals surface area (Å²) < 4.78 is 6.14. The smallest absolute Gasteiger partial charge is 0.107 e. The Bertz CT molecular complexity index is 449. The van der Waals surface area contributed by atoms with Crippen LogP contribution in [0.15, 0.2) is 22.7 Å². The molecule has 0 radical (unpaired) electrons. The highest BCUT2D eigenvalue weighted by molar-refractivity contribution is 9.10. The van der Waals surface area contributed by atoms with Crippen molar-refractivity contribution in [3.63, 3.8) is 0 Å². The van der Waals surface area contributed by atoms with Crippen molar-refractivity contribution in [2.45, 2.75) is 18.9 Å². The van der Waals surface area contributed by atoms with Gasteiger partial charge < -0.3 is 15.4 Å². The van der Waals surface area contributed by atoms with Crippen LogP contribution in [0.3, 0.4) is 0 Å². The predicted octanol–water partition coefficient (Wildman–Crippen LogP) is 2.70. The minimum Gasteiger partial charge on any atom is -0.389 e. The normalized spacial score (nSPS) is 14.6. The molecule has 1 aromatic carbocycles. The van der Waals surface area contributed by atoms with E-state index >= 15 is 0 Å². The summed E-state index contributed by atoms with van der Waals surface area (Å²) >= 11 is 8.69. The minimum atomic E-state index is 0.431. The van der Waals surface area contributed by atoms with Gasteiger partial charge in [-0.2, -0.15) is 0 Å². The Morgan fingerprint density at radius 2 is 2.28 bits per heavy atom. The average molecular weight is 329 g/mol. The van der Waals surface area contributed by atoms with Gasteiger partial charge in [0.15, 0.2) is 0 Å². The van der Waals surface area contributed by atoms with Crippen LogP contribution in [0, 0.1) is 0 Å². The van der Waals surface area contributed by atoms with Gasteiger partial charge >= 0.3 is 0 Å². The molecule has 0 aliphatic heterocycles. The van der Waals surface area contributed by atoms with E-state index in [1.165, 1.54) is 12.8 Å². The fraction of sp³-hybridized carbons (Fsp3) is 0.462. The van der Waals surface area contributed by atoms with Crippen LogP contribution >= 0.6 is 28.1 Å². The van der Waals surface area contributed by atoms with E-state index in [2.05, 4.69) is 26.9 Å². The first kappa shape index (κ1) is 13.8. The molecule has 1 fully saturated rings. The number of thiocarbonyl (C=S) groups is 1. The first-order valence-electron chi connectivity index (χ1n) is 5.99. The maximum atomic E-state index is 5.85. The van der Waals surface area contributed by atoms with Gasteiger partial charge in [0.2, 0.25) is 0 Å². The monoisotopic (exact) mass is 328 g/mol. The fourth-order valence-electron chi connectivity index (χ4n) is 2.07. The molecule has 0 amide bonds. The number of halogens is 1. The first-order valence-corrected chi connectivity index (χ1v) is 7.19. The Kier molecular flexibility index (Phi) is 4.59. The van der Waals surface area contributed by atoms with Gasteiger partial charge in [-0.3, -0.25) is 0 Å². The molecule has 2 rings (SSSR count). The highest BCUT2D eigenvalue weighted by atomic mass is 79.9. The molecule has 18 heavy (non-hydrogen) atoms. The molecule has 0 heterocycles. The zero-order valence-electron chi connectivity index (χ0n) is 10.4. The van der Waals surface area contributed by atoms with Gasteiger partial charge in [-0.15, -0.1) is 0 Å². The summed E-state index contributed by atoms with van der Waals surface area (Å²) in [6, 6.07) is 6.67. The van der Waals surface area contributed by atoms with E-state index in [-0.39, 0.29) is 0 Å². The van der Waals surface area contributed by atoms with Gasteiger partial charge in [0.1, 0.15) is 4.99 Å². The van der Waals surface area contributed by atoms with Crippen molar-refractivity contribution in [3.05, 3.63) is 28.2 Å². The Balaban J connectivity index is 2.34. The molecule has 1 aliphatic carbocycles. The molecule has 3 nitrogen and oxygen atoms in total. The third kappa shape index (κ3) is 3.02. The van der Waals surface area contributed by atoms with Crippen LogP contribution in [0.4, 0.5) is 5.69 Å². The number of hydrogen-bond acceptors (Lipinski definition) is 3. The summed E-state index contributed by atoms with van der Waals surface area (Å²) in [5.74, 6) is 0. The topological polar surface area (TPSA) is 38.5 Å². The number of nitrogens with two attached hydrogens (primary N) is 1. The zero-order chi connectivity index (χ0) is 13.1. The van der Waals surface area contributed by atoms with Gasteiger partial charge in [-0.25, -0.2) is 0 Å². The summed E-state index contributed by atoms with van der Waals surface area (Å²) in [5.41, 5.74) is 7.88. The highest BCUT2D eigenvalue weighted by Crippen LogP contribution is 2.35. The van der Waals surface area contributed by atoms with E-state index in [1.54, 1.807) is 7.11 Å². The molecule has 0 bridgehead atoms. The maximum Gasteiger partial charge on any atom is 0.107 e. The molecule has 0 unspecified atom stereocenters. The maximum absolute atomic E-state index is 5.85. The highest BCUT2D eigenvalue weighted by Gasteiger charge is 2.30. The van der Waals surface area contributed by atoms with Crippen LogP contribution in [0.2, 0.25) is 0 Å². The lowest BCUT2D eigenvalue weighted by Crippen LogP contribution is -2.31. The van der Waals surface area contributed by atoms with Crippen molar-refractivity contribution in [2.75, 3.05) is 25.2 Å². The molecule has 98 valence electrons. The Hall–Kier alpha value is -0.650. The lowest BCUT2D eigenvalue weighted by Gasteiger charge is -2.27. The van der Waals surface area contributed by atoms with Crippen molar-refractivity contribution < 1.29 is 4.74 Å². The zero-order valence-corrected chi connectivity index (χ0v) is 12.8. The van der Waals surface area contributed by atoms with E-state index < -0.39 is 0 Å². The lowest BCUT2D eigenvalue weighted by molar-refractivity contribution is 0.205. The van der Waals surface area contributed by atoms with Crippen LogP contribution < -0.4 is 10.6 Å². The first-order chi connectivity index (χ1) is 8.65. The molecular weight excluding hydrogens is 312 g/mol. The summed E-state index contributed by atoms with van der Waals surface area (Å²) in [6.45, 7) is 1.58. The van der Waals surface area contributed by atoms with Crippen molar-refractivity contribution in [3.8, 4) is 0 Å². The molecule has 0 saturated heterocycles. The molecule has 0 spiro atoms. The predicted molar refractivity (Wildman–Crippen MR) is 82.3 cm³/mol. The minimum absolute atomic E-state index is 0.431. The van der Waals surface area contributed by atoms with Crippen molar-refractivity contribution in [2.24, 2.45) is 5.73 Å². The molecule has 5 heteroatoms. The third-order valence-electron chi connectivity index (χ3n) is 3.07. The SMILES string of the molecule is COCCN(c1cccc(Br)c1C(N)=S)C1CC1. The number of benzene rings is 1. The number of ether oxygens (including phenoxy) is 1. The van der Waals surface area contributed by atoms with Crippen molar-refractivity contribution >= 4 is 38.8 Å². The van der Waals surface area contributed by atoms with Gasteiger partial charge in [0.25, 0.3) is 0 Å². The molecule has 2 N–H and O–H groups in total. The Morgan fingerprint density at radius 3 is 2.83 bits per heavy atom. The summed E-state index contributed by atoms with van der Waals surface area (Å²) in [5, 5.41) is 0. The summed E-state index contributed by atoms with van der Waals surface area (Å²) in [4.78, 5) is 2.78. The lowest BCUT2D eigenvalue weighted by atomic mass is 10.1. The molecule has 0 aromatic heterocycles. The Morgan fingerprint density at radius 1 is 1.56 bits per heavy atom. The van der Waals surface area contributed by atoms with Gasteiger partial charge in [-0.1, -0.05) is 18.3 Å². The Labute approximate surface area is 121 Å². The van der Waals surface area contributed by atoms with Crippen LogP contribution in [-0.2, 0) is 4.74 Å². The van der Waals surface area contributed by atoms with E-state index in [0.29, 0.717) is 17.6 Å². The number of hydrogen-bond donors (Lipinski definition) is 1. The number of rotatable bonds is 6. The molecule has 1 aromatic rings. The van der Waals surface area contributed by atoms with Crippen LogP contribution in [0.1, 0.15) is 18.4 Å². The summed E-state index contributed by atoms with van der Waals surface area (Å²) in [6.07, 6.45) is 2.46. The average Bonchev–Trinajstić information content (AvgIpc) is 3.13. The standard InChI is InChI=1S/C13H17BrN2OS/c1-17-8-7-16(9-5-6-9)11-4-2-3-10(14)12(11)13(15)18/h2-4,9H,5-8H2,1H3,(H2,15,18). The van der Waals surface area contributed by atoms with Gasteiger partial charge in [0, 0.05) is 35.4 Å². The number of anilines is 1. The van der Waals surface area contributed by atoms with Crippen LogP contribution in [-0.4, -0.2) is 31.3 Å². The van der Waals surface area contributed by atoms with Crippen LogP contribution in [0.5, 0.6) is 0 Å². The number of methoxy groups -OCH3 is 1. The van der Waals surface area contributed by atoms with E-state index in [4.69, 9.17) is 22.7 Å². The second-order valence-corrected chi connectivity index (χ2v) is 5.71. The molecular formula is C13H17BrN2OS. The summed E-state index contributed by atoms with van der Waals surface area (Å²) in [7, 11) is 1.72. The number of nitrogens with zero attached hydrogens (tertiary/aromatic N) is 1. The largest absolute Gasteiger partial charge is 0.389 e. The van der Waals surface area contributed by atoms with Gasteiger partial charge in [0.05, 0.1) is 6.61 Å². The quantitative estimate of drug-likeness (QED) is 0.815. The van der Waals surface area contributed by atoms with Gasteiger partial charge in [-0.05, 0) is 40.9 Å². The van der Waals surface area contributed by atoms with E-state index in [9.17, 15) is 0 Å². The molecule has 1 aliphatic rings. The van der Waals surface area contributed by atoms with E-state index in [1.807, 2.05) is 12.1 Å². The molecule has 0 atom stereocenters. The van der Waals surface area contributed by atoms with Crippen LogP contribution in [0.25, 0.3) is 0 Å².